The maximum atomic E-state index is 12.6. The molecule has 0 atom stereocenters. The standard InChI is InChI=1S/C18H18ClNO3/c1-10(21)20-9-13(12-5-4-11(19)6-14(12)20)17-15(22)7-18(2,3)8-16(17)23/h4-6,9,22H,7-8H2,1-3H3. The van der Waals surface area contributed by atoms with E-state index >= 15 is 0 Å². The van der Waals surface area contributed by atoms with Crippen LogP contribution in [0.5, 0.6) is 0 Å². The number of rotatable bonds is 1. The SMILES string of the molecule is CC(=O)n1cc(C2=C(O)CC(C)(C)CC2=O)c2ccc(Cl)cc21. The van der Waals surface area contributed by atoms with Crippen molar-refractivity contribution in [3.05, 3.63) is 40.7 Å². The first kappa shape index (κ1) is 15.8. The van der Waals surface area contributed by atoms with Crippen molar-refractivity contribution < 1.29 is 14.7 Å². The Hall–Kier alpha value is -2.07. The molecule has 0 aliphatic heterocycles. The lowest BCUT2D eigenvalue weighted by molar-refractivity contribution is -0.116. The average Bonchev–Trinajstić information content (AvgIpc) is 2.75. The van der Waals surface area contributed by atoms with Crippen molar-refractivity contribution in [3.8, 4) is 0 Å². The first-order valence-corrected chi connectivity index (χ1v) is 7.85. The monoisotopic (exact) mass is 331 g/mol. The van der Waals surface area contributed by atoms with E-state index in [0.29, 0.717) is 34.5 Å². The van der Waals surface area contributed by atoms with E-state index in [9.17, 15) is 14.7 Å². The normalized spacial score (nSPS) is 17.8. The van der Waals surface area contributed by atoms with Gasteiger partial charge in [-0.1, -0.05) is 31.5 Å². The number of allylic oxidation sites excluding steroid dienone is 2. The molecule has 1 aromatic carbocycles. The summed E-state index contributed by atoms with van der Waals surface area (Å²) in [6, 6.07) is 5.18. The second-order valence-electron chi connectivity index (χ2n) is 6.86. The van der Waals surface area contributed by atoms with Gasteiger partial charge < -0.3 is 5.11 Å². The highest BCUT2D eigenvalue weighted by atomic mass is 35.5. The van der Waals surface area contributed by atoms with Crippen LogP contribution in [-0.4, -0.2) is 21.4 Å². The molecule has 1 aliphatic rings. The quantitative estimate of drug-likeness (QED) is 0.829. The van der Waals surface area contributed by atoms with Gasteiger partial charge in [0.25, 0.3) is 0 Å². The molecule has 0 saturated heterocycles. The molecule has 5 heteroatoms. The lowest BCUT2D eigenvalue weighted by Gasteiger charge is -2.29. The molecule has 4 nitrogen and oxygen atoms in total. The highest BCUT2D eigenvalue weighted by Crippen LogP contribution is 2.41. The van der Waals surface area contributed by atoms with Crippen LogP contribution in [0.15, 0.2) is 30.2 Å². The first-order valence-electron chi connectivity index (χ1n) is 7.47. The minimum atomic E-state index is -0.257. The number of aromatic nitrogens is 1. The predicted molar refractivity (Wildman–Crippen MR) is 90.8 cm³/mol. The number of Topliss-reactive ketones (excluding diaryl/α,β-unsaturated/α-hetero) is 1. The number of carbonyl (C=O) groups is 2. The maximum Gasteiger partial charge on any atom is 0.227 e. The molecule has 0 spiro atoms. The van der Waals surface area contributed by atoms with Crippen LogP contribution >= 0.6 is 11.6 Å². The highest BCUT2D eigenvalue weighted by molar-refractivity contribution is 6.32. The summed E-state index contributed by atoms with van der Waals surface area (Å²) in [6.07, 6.45) is 2.42. The van der Waals surface area contributed by atoms with Gasteiger partial charge in [0, 0.05) is 41.9 Å². The van der Waals surface area contributed by atoms with E-state index in [1.807, 2.05) is 13.8 Å². The molecule has 0 bridgehead atoms. The Balaban J connectivity index is 2.29. The molecule has 1 N–H and O–H groups in total. The van der Waals surface area contributed by atoms with Crippen LogP contribution < -0.4 is 0 Å². The molecule has 23 heavy (non-hydrogen) atoms. The summed E-state index contributed by atoms with van der Waals surface area (Å²) in [4.78, 5) is 24.5. The van der Waals surface area contributed by atoms with Gasteiger partial charge in [0.05, 0.1) is 11.1 Å². The largest absolute Gasteiger partial charge is 0.512 e. The minimum absolute atomic E-state index is 0.0869. The van der Waals surface area contributed by atoms with E-state index in [4.69, 9.17) is 11.6 Å². The summed E-state index contributed by atoms with van der Waals surface area (Å²) in [5, 5.41) is 11.7. The van der Waals surface area contributed by atoms with E-state index in [1.54, 1.807) is 24.4 Å². The number of carbonyl (C=O) groups excluding carboxylic acids is 2. The second-order valence-corrected chi connectivity index (χ2v) is 7.29. The second kappa shape index (κ2) is 5.24. The van der Waals surface area contributed by atoms with E-state index < -0.39 is 0 Å². The number of halogens is 1. The Morgan fingerprint density at radius 3 is 2.61 bits per heavy atom. The van der Waals surface area contributed by atoms with Crippen molar-refractivity contribution in [1.82, 2.24) is 4.57 Å². The summed E-state index contributed by atoms with van der Waals surface area (Å²) in [5.41, 5.74) is 1.28. The van der Waals surface area contributed by atoms with Gasteiger partial charge >= 0.3 is 0 Å². The van der Waals surface area contributed by atoms with E-state index in [1.165, 1.54) is 11.5 Å². The van der Waals surface area contributed by atoms with Crippen molar-refractivity contribution in [1.29, 1.82) is 0 Å². The molecule has 0 amide bonds. The van der Waals surface area contributed by atoms with Crippen molar-refractivity contribution in [2.75, 3.05) is 0 Å². The zero-order chi connectivity index (χ0) is 16.9. The molecule has 0 fully saturated rings. The van der Waals surface area contributed by atoms with Crippen LogP contribution in [0.1, 0.15) is 44.0 Å². The Labute approximate surface area is 139 Å². The molecule has 0 radical (unpaired) electrons. The van der Waals surface area contributed by atoms with Crippen LogP contribution in [-0.2, 0) is 4.79 Å². The van der Waals surface area contributed by atoms with Crippen molar-refractivity contribution >= 4 is 39.8 Å². The molecule has 1 aromatic heterocycles. The number of benzene rings is 1. The van der Waals surface area contributed by atoms with Gasteiger partial charge in [-0.15, -0.1) is 0 Å². The minimum Gasteiger partial charge on any atom is -0.512 e. The zero-order valence-corrected chi connectivity index (χ0v) is 14.1. The molecular formula is C18H18ClNO3. The zero-order valence-electron chi connectivity index (χ0n) is 13.3. The number of ketones is 1. The molecule has 0 unspecified atom stereocenters. The highest BCUT2D eigenvalue weighted by Gasteiger charge is 2.34. The molecule has 3 rings (SSSR count). The maximum absolute atomic E-state index is 12.6. The predicted octanol–water partition coefficient (Wildman–Crippen LogP) is 4.61. The van der Waals surface area contributed by atoms with Crippen LogP contribution in [0.3, 0.4) is 0 Å². The lowest BCUT2D eigenvalue weighted by atomic mass is 9.75. The van der Waals surface area contributed by atoms with Crippen molar-refractivity contribution in [2.45, 2.75) is 33.6 Å². The smallest absolute Gasteiger partial charge is 0.227 e. The van der Waals surface area contributed by atoms with Crippen molar-refractivity contribution in [3.63, 3.8) is 0 Å². The topological polar surface area (TPSA) is 59.3 Å². The van der Waals surface area contributed by atoms with Gasteiger partial charge in [-0.2, -0.15) is 0 Å². The summed E-state index contributed by atoms with van der Waals surface area (Å²) >= 11 is 6.03. The summed E-state index contributed by atoms with van der Waals surface area (Å²) in [6.45, 7) is 5.36. The van der Waals surface area contributed by atoms with Crippen LogP contribution in [0, 0.1) is 5.41 Å². The van der Waals surface area contributed by atoms with E-state index in [-0.39, 0.29) is 22.9 Å². The molecule has 0 saturated carbocycles. The average molecular weight is 332 g/mol. The van der Waals surface area contributed by atoms with Gasteiger partial charge in [-0.05, 0) is 17.5 Å². The van der Waals surface area contributed by atoms with E-state index in [0.717, 1.165) is 5.39 Å². The Kier molecular flexibility index (Phi) is 3.60. The fourth-order valence-corrected chi connectivity index (χ4v) is 3.42. The first-order chi connectivity index (χ1) is 10.7. The fourth-order valence-electron chi connectivity index (χ4n) is 3.25. The third-order valence-corrected chi connectivity index (χ3v) is 4.46. The van der Waals surface area contributed by atoms with E-state index in [2.05, 4.69) is 0 Å². The summed E-state index contributed by atoms with van der Waals surface area (Å²) in [5.74, 6) is -0.188. The number of hydrogen-bond acceptors (Lipinski definition) is 3. The Morgan fingerprint density at radius 2 is 2.00 bits per heavy atom. The van der Waals surface area contributed by atoms with Gasteiger partial charge in [-0.25, -0.2) is 0 Å². The number of aliphatic hydroxyl groups is 1. The van der Waals surface area contributed by atoms with Crippen LogP contribution in [0.4, 0.5) is 0 Å². The summed E-state index contributed by atoms with van der Waals surface area (Å²) < 4.78 is 1.46. The lowest BCUT2D eigenvalue weighted by Crippen LogP contribution is -2.25. The molecule has 2 aromatic rings. The van der Waals surface area contributed by atoms with Gasteiger partial charge in [-0.3, -0.25) is 14.2 Å². The molecule has 120 valence electrons. The fraction of sp³-hybridized carbons (Fsp3) is 0.333. The molecule has 1 heterocycles. The molecule has 1 aliphatic carbocycles. The van der Waals surface area contributed by atoms with Crippen LogP contribution in [0.2, 0.25) is 5.02 Å². The number of fused-ring (bicyclic) bond motifs is 1. The van der Waals surface area contributed by atoms with Gasteiger partial charge in [0.2, 0.25) is 5.91 Å². The third kappa shape index (κ3) is 2.68. The number of aliphatic hydroxyl groups excluding tert-OH is 1. The van der Waals surface area contributed by atoms with Crippen LogP contribution in [0.25, 0.3) is 16.5 Å². The van der Waals surface area contributed by atoms with Crippen molar-refractivity contribution in [2.24, 2.45) is 5.41 Å². The third-order valence-electron chi connectivity index (χ3n) is 4.23. The molecular weight excluding hydrogens is 314 g/mol. The number of hydrogen-bond donors (Lipinski definition) is 1. The Morgan fingerprint density at radius 1 is 1.30 bits per heavy atom. The number of nitrogens with zero attached hydrogens (tertiary/aromatic N) is 1. The van der Waals surface area contributed by atoms with Gasteiger partial charge in [0.15, 0.2) is 5.78 Å². The summed E-state index contributed by atoms with van der Waals surface area (Å²) in [7, 11) is 0. The van der Waals surface area contributed by atoms with Gasteiger partial charge in [0.1, 0.15) is 5.76 Å². The Bertz CT molecular complexity index is 874.